The highest BCUT2D eigenvalue weighted by Crippen LogP contribution is 2.42. The van der Waals surface area contributed by atoms with Crippen molar-refractivity contribution in [2.24, 2.45) is 10.9 Å². The standard InChI is InChI=1S/C28H29ClN2O3S/c1-4-15-34-26-22(29)16-20(17-24(26)33-5-2)18-25-27(32)31(23-14-10-9-11-19(23)3)28(35-25)30-21-12-7-6-8-13-21/h1,6-8,12-13,16-19,23H,5,9-11,14-15H2,2-3H3/b25-18-,30-28?/t19-,23-/m0/s1. The second-order valence-corrected chi connectivity index (χ2v) is 10.0. The van der Waals surface area contributed by atoms with Crippen LogP contribution in [0.1, 0.15) is 45.1 Å². The van der Waals surface area contributed by atoms with Crippen LogP contribution in [0.2, 0.25) is 5.02 Å². The molecule has 7 heteroatoms. The zero-order valence-electron chi connectivity index (χ0n) is 20.0. The van der Waals surface area contributed by atoms with Crippen LogP contribution in [0.25, 0.3) is 6.08 Å². The summed E-state index contributed by atoms with van der Waals surface area (Å²) in [6.45, 7) is 4.64. The van der Waals surface area contributed by atoms with Crippen LogP contribution in [0, 0.1) is 18.3 Å². The monoisotopic (exact) mass is 508 g/mol. The van der Waals surface area contributed by atoms with Gasteiger partial charge in [-0.3, -0.25) is 9.69 Å². The molecule has 1 saturated carbocycles. The average molecular weight is 509 g/mol. The number of benzene rings is 2. The van der Waals surface area contributed by atoms with E-state index in [0.717, 1.165) is 35.7 Å². The van der Waals surface area contributed by atoms with Crippen molar-refractivity contribution in [3.63, 3.8) is 0 Å². The number of amidine groups is 1. The van der Waals surface area contributed by atoms with Crippen molar-refractivity contribution in [1.82, 2.24) is 4.90 Å². The summed E-state index contributed by atoms with van der Waals surface area (Å²) in [7, 11) is 0. The van der Waals surface area contributed by atoms with Crippen LogP contribution in [0.15, 0.2) is 52.4 Å². The van der Waals surface area contributed by atoms with Gasteiger partial charge in [-0.1, -0.05) is 55.5 Å². The van der Waals surface area contributed by atoms with Gasteiger partial charge < -0.3 is 9.47 Å². The first-order valence-electron chi connectivity index (χ1n) is 11.9. The third-order valence-corrected chi connectivity index (χ3v) is 7.41. The molecule has 0 aromatic heterocycles. The van der Waals surface area contributed by atoms with E-state index in [0.29, 0.717) is 34.0 Å². The molecule has 2 aliphatic rings. The molecule has 35 heavy (non-hydrogen) atoms. The van der Waals surface area contributed by atoms with E-state index in [-0.39, 0.29) is 18.6 Å². The number of carbonyl (C=O) groups is 1. The first kappa shape index (κ1) is 25.2. The molecule has 2 fully saturated rings. The Hall–Kier alpha value is -2.88. The SMILES string of the molecule is C#CCOc1c(Cl)cc(/C=C2\SC(=Nc3ccccc3)N([C@H]3CCCC[C@@H]3C)C2=O)cc1OCC. The molecule has 1 heterocycles. The van der Waals surface area contributed by atoms with E-state index in [4.69, 9.17) is 32.5 Å². The number of halogens is 1. The van der Waals surface area contributed by atoms with Gasteiger partial charge in [0, 0.05) is 6.04 Å². The number of hydrogen-bond acceptors (Lipinski definition) is 5. The lowest BCUT2D eigenvalue weighted by molar-refractivity contribution is -0.124. The summed E-state index contributed by atoms with van der Waals surface area (Å²) in [5.74, 6) is 3.73. The Labute approximate surface area is 216 Å². The Morgan fingerprint density at radius 3 is 2.71 bits per heavy atom. The Balaban J connectivity index is 1.72. The van der Waals surface area contributed by atoms with E-state index in [9.17, 15) is 4.79 Å². The van der Waals surface area contributed by atoms with Crippen molar-refractivity contribution in [2.45, 2.75) is 45.6 Å². The molecule has 0 unspecified atom stereocenters. The van der Waals surface area contributed by atoms with Gasteiger partial charge in [0.05, 0.1) is 22.2 Å². The van der Waals surface area contributed by atoms with Gasteiger partial charge in [-0.25, -0.2) is 4.99 Å². The van der Waals surface area contributed by atoms with Crippen LogP contribution in [0.3, 0.4) is 0 Å². The van der Waals surface area contributed by atoms with Gasteiger partial charge in [-0.15, -0.1) is 6.42 Å². The van der Waals surface area contributed by atoms with Gasteiger partial charge in [0.25, 0.3) is 5.91 Å². The molecule has 1 amide bonds. The molecule has 0 N–H and O–H groups in total. The lowest BCUT2D eigenvalue weighted by Crippen LogP contribution is -2.44. The third-order valence-electron chi connectivity index (χ3n) is 6.14. The Morgan fingerprint density at radius 2 is 2.00 bits per heavy atom. The van der Waals surface area contributed by atoms with Gasteiger partial charge in [0.1, 0.15) is 6.61 Å². The molecular weight excluding hydrogens is 480 g/mol. The first-order valence-corrected chi connectivity index (χ1v) is 13.1. The minimum atomic E-state index is -0.0230. The van der Waals surface area contributed by atoms with Crippen molar-refractivity contribution in [3.8, 4) is 23.8 Å². The minimum Gasteiger partial charge on any atom is -0.490 e. The summed E-state index contributed by atoms with van der Waals surface area (Å²) >= 11 is 7.91. The van der Waals surface area contributed by atoms with Crippen LogP contribution < -0.4 is 9.47 Å². The number of amides is 1. The van der Waals surface area contributed by atoms with Gasteiger partial charge in [0.2, 0.25) is 0 Å². The van der Waals surface area contributed by atoms with E-state index in [1.165, 1.54) is 18.2 Å². The van der Waals surface area contributed by atoms with E-state index >= 15 is 0 Å². The molecule has 1 saturated heterocycles. The van der Waals surface area contributed by atoms with Crippen molar-refractivity contribution < 1.29 is 14.3 Å². The Morgan fingerprint density at radius 1 is 1.23 bits per heavy atom. The number of ether oxygens (including phenoxy) is 2. The molecule has 1 aliphatic carbocycles. The van der Waals surface area contributed by atoms with E-state index in [1.54, 1.807) is 6.07 Å². The Kier molecular flexibility index (Phi) is 8.43. The summed E-state index contributed by atoms with van der Waals surface area (Å²) in [5, 5.41) is 1.10. The zero-order chi connectivity index (χ0) is 24.8. The number of carbonyl (C=O) groups excluding carboxylic acids is 1. The lowest BCUT2D eigenvalue weighted by Gasteiger charge is -2.35. The predicted octanol–water partition coefficient (Wildman–Crippen LogP) is 6.93. The fraction of sp³-hybridized carbons (Fsp3) is 0.357. The fourth-order valence-corrected chi connectivity index (χ4v) is 5.81. The topological polar surface area (TPSA) is 51.1 Å². The maximum atomic E-state index is 13.7. The van der Waals surface area contributed by atoms with Gasteiger partial charge in [-0.05, 0) is 73.4 Å². The third kappa shape index (κ3) is 5.86. The van der Waals surface area contributed by atoms with Crippen LogP contribution in [0.4, 0.5) is 5.69 Å². The van der Waals surface area contributed by atoms with Crippen molar-refractivity contribution in [1.29, 1.82) is 0 Å². The van der Waals surface area contributed by atoms with Crippen LogP contribution in [-0.4, -0.2) is 35.2 Å². The highest BCUT2D eigenvalue weighted by atomic mass is 35.5. The number of aliphatic imine (C=N–C) groups is 1. The highest BCUT2D eigenvalue weighted by Gasteiger charge is 2.41. The van der Waals surface area contributed by atoms with Gasteiger partial charge in [0.15, 0.2) is 16.7 Å². The summed E-state index contributed by atoms with van der Waals surface area (Å²) in [5.41, 5.74) is 1.58. The molecule has 0 spiro atoms. The highest BCUT2D eigenvalue weighted by molar-refractivity contribution is 8.18. The summed E-state index contributed by atoms with van der Waals surface area (Å²) in [6.07, 6.45) is 11.6. The second-order valence-electron chi connectivity index (χ2n) is 8.60. The number of para-hydroxylation sites is 1. The molecular formula is C28H29ClN2O3S. The Bertz CT molecular complexity index is 1170. The summed E-state index contributed by atoms with van der Waals surface area (Å²) in [6, 6.07) is 13.5. The maximum Gasteiger partial charge on any atom is 0.267 e. The molecule has 4 rings (SSSR count). The number of nitrogens with zero attached hydrogens (tertiary/aromatic N) is 2. The number of terminal acetylenes is 1. The predicted molar refractivity (Wildman–Crippen MR) is 144 cm³/mol. The van der Waals surface area contributed by atoms with Crippen molar-refractivity contribution >= 4 is 46.2 Å². The molecule has 0 bridgehead atoms. The van der Waals surface area contributed by atoms with Crippen molar-refractivity contribution in [2.75, 3.05) is 13.2 Å². The quantitative estimate of drug-likeness (QED) is 0.300. The summed E-state index contributed by atoms with van der Waals surface area (Å²) < 4.78 is 11.3. The molecule has 2 atom stereocenters. The zero-order valence-corrected chi connectivity index (χ0v) is 21.6. The fourth-order valence-electron chi connectivity index (χ4n) is 4.49. The molecule has 2 aromatic carbocycles. The van der Waals surface area contributed by atoms with Gasteiger partial charge in [-0.2, -0.15) is 0 Å². The van der Waals surface area contributed by atoms with Crippen molar-refractivity contribution in [3.05, 3.63) is 58.0 Å². The largest absolute Gasteiger partial charge is 0.490 e. The molecule has 5 nitrogen and oxygen atoms in total. The van der Waals surface area contributed by atoms with E-state index < -0.39 is 0 Å². The first-order chi connectivity index (χ1) is 17.0. The maximum absolute atomic E-state index is 13.7. The van der Waals surface area contributed by atoms with Gasteiger partial charge >= 0.3 is 0 Å². The average Bonchev–Trinajstić information content (AvgIpc) is 3.14. The second kappa shape index (κ2) is 11.7. The molecule has 1 aliphatic heterocycles. The van der Waals surface area contributed by atoms with E-state index in [1.807, 2.05) is 54.3 Å². The number of hydrogen-bond donors (Lipinski definition) is 0. The molecule has 0 radical (unpaired) electrons. The van der Waals surface area contributed by atoms with Crippen LogP contribution in [0.5, 0.6) is 11.5 Å². The minimum absolute atomic E-state index is 0.0230. The lowest BCUT2D eigenvalue weighted by atomic mass is 9.85. The number of thioether (sulfide) groups is 1. The van der Waals surface area contributed by atoms with Crippen LogP contribution in [-0.2, 0) is 4.79 Å². The van der Waals surface area contributed by atoms with Crippen LogP contribution >= 0.6 is 23.4 Å². The number of rotatable bonds is 7. The summed E-state index contributed by atoms with van der Waals surface area (Å²) in [4.78, 5) is 21.1. The smallest absolute Gasteiger partial charge is 0.267 e. The molecule has 2 aromatic rings. The van der Waals surface area contributed by atoms with E-state index in [2.05, 4.69) is 12.8 Å². The molecule has 182 valence electrons. The normalized spacial score (nSPS) is 22.5.